The van der Waals surface area contributed by atoms with Crippen molar-refractivity contribution in [3.8, 4) is 0 Å². The molecule has 0 aromatic carbocycles. The molecule has 6 nitrogen and oxygen atoms in total. The van der Waals surface area contributed by atoms with Crippen molar-refractivity contribution in [2.24, 2.45) is 10.9 Å². The zero-order valence-electron chi connectivity index (χ0n) is 17.8. The molecule has 0 amide bonds. The fourth-order valence-electron chi connectivity index (χ4n) is 3.29. The quantitative estimate of drug-likeness (QED) is 0.222. The molecule has 0 aromatic heterocycles. The molecule has 0 spiro atoms. The Labute approximate surface area is 166 Å². The number of nitrogens with one attached hydrogen (secondary N) is 2. The van der Waals surface area contributed by atoms with Gasteiger partial charge in [-0.1, -0.05) is 26.0 Å². The smallest absolute Gasteiger partial charge is 0.191 e. The number of ether oxygens (including phenoxy) is 1. The molecule has 1 atom stereocenters. The maximum atomic E-state index is 5.40. The number of nitrogens with zero attached hydrogens (tertiary/aromatic N) is 3. The summed E-state index contributed by atoms with van der Waals surface area (Å²) in [7, 11) is 0. The molecule has 1 unspecified atom stereocenters. The van der Waals surface area contributed by atoms with Gasteiger partial charge in [-0.3, -0.25) is 14.8 Å². The van der Waals surface area contributed by atoms with E-state index in [0.29, 0.717) is 12.0 Å². The maximum absolute atomic E-state index is 5.40. The van der Waals surface area contributed by atoms with Crippen LogP contribution in [-0.4, -0.2) is 87.4 Å². The predicted octanol–water partition coefficient (Wildman–Crippen LogP) is 1.96. The number of aliphatic imine (C=N–C) groups is 1. The average Bonchev–Trinajstić information content (AvgIpc) is 2.66. The van der Waals surface area contributed by atoms with Gasteiger partial charge in [-0.05, 0) is 25.8 Å². The topological polar surface area (TPSA) is 52.1 Å². The molecule has 6 heteroatoms. The van der Waals surface area contributed by atoms with Crippen LogP contribution in [0.25, 0.3) is 0 Å². The van der Waals surface area contributed by atoms with Crippen molar-refractivity contribution >= 4 is 5.96 Å². The van der Waals surface area contributed by atoms with Crippen molar-refractivity contribution < 1.29 is 4.74 Å². The van der Waals surface area contributed by atoms with E-state index in [9.17, 15) is 0 Å². The van der Waals surface area contributed by atoms with Gasteiger partial charge < -0.3 is 15.4 Å². The lowest BCUT2D eigenvalue weighted by molar-refractivity contribution is 0.0376. The largest absolute Gasteiger partial charge is 0.379 e. The number of hydrogen-bond donors (Lipinski definition) is 2. The molecule has 27 heavy (non-hydrogen) atoms. The molecule has 0 aliphatic carbocycles. The molecule has 1 heterocycles. The Balaban J connectivity index is 2.52. The highest BCUT2D eigenvalue weighted by Crippen LogP contribution is 2.11. The molecule has 1 aliphatic rings. The van der Waals surface area contributed by atoms with E-state index in [4.69, 9.17) is 9.73 Å². The molecular weight excluding hydrogens is 338 g/mol. The Hall–Kier alpha value is -1.37. The van der Waals surface area contributed by atoms with Crippen molar-refractivity contribution in [3.63, 3.8) is 0 Å². The van der Waals surface area contributed by atoms with Crippen LogP contribution in [0.3, 0.4) is 0 Å². The minimum absolute atomic E-state index is 0.366. The Kier molecular flexibility index (Phi) is 12.9. The monoisotopic (exact) mass is 379 g/mol. The molecule has 1 fully saturated rings. The van der Waals surface area contributed by atoms with Crippen LogP contribution in [0.2, 0.25) is 0 Å². The predicted molar refractivity (Wildman–Crippen MR) is 116 cm³/mol. The summed E-state index contributed by atoms with van der Waals surface area (Å²) in [4.78, 5) is 9.71. The highest BCUT2D eigenvalue weighted by atomic mass is 16.5. The molecular formula is C21H41N5O. The van der Waals surface area contributed by atoms with E-state index in [1.165, 1.54) is 0 Å². The lowest BCUT2D eigenvalue weighted by Gasteiger charge is -2.32. The van der Waals surface area contributed by atoms with Crippen LogP contribution in [0.1, 0.15) is 27.2 Å². The standard InChI is InChI=1S/C21H41N5O/c1-6-11-26(12-7-2)20(19(4)5)18-24-21(22-8-3)23-10-9-13-25-14-16-27-17-15-25/h6-7,19-20H,1-2,8-18H2,3-5H3,(H2,22,23,24). The fourth-order valence-corrected chi connectivity index (χ4v) is 3.29. The van der Waals surface area contributed by atoms with Gasteiger partial charge in [0.15, 0.2) is 5.96 Å². The van der Waals surface area contributed by atoms with Crippen LogP contribution >= 0.6 is 0 Å². The van der Waals surface area contributed by atoms with Gasteiger partial charge in [-0.2, -0.15) is 0 Å². The minimum atomic E-state index is 0.366. The van der Waals surface area contributed by atoms with E-state index in [2.05, 4.69) is 54.4 Å². The highest BCUT2D eigenvalue weighted by molar-refractivity contribution is 5.79. The summed E-state index contributed by atoms with van der Waals surface area (Å²) in [6.45, 7) is 23.6. The van der Waals surface area contributed by atoms with Gasteiger partial charge in [-0.15, -0.1) is 13.2 Å². The highest BCUT2D eigenvalue weighted by Gasteiger charge is 2.20. The zero-order valence-corrected chi connectivity index (χ0v) is 17.8. The Morgan fingerprint density at radius 1 is 1.19 bits per heavy atom. The molecule has 1 aliphatic heterocycles. The van der Waals surface area contributed by atoms with E-state index >= 15 is 0 Å². The first-order valence-electron chi connectivity index (χ1n) is 10.4. The fraction of sp³-hybridized carbons (Fsp3) is 0.762. The SMILES string of the molecule is C=CCN(CC=C)C(CN=C(NCC)NCCCN1CCOCC1)C(C)C. The Morgan fingerprint density at radius 2 is 1.85 bits per heavy atom. The van der Waals surface area contributed by atoms with E-state index in [1.54, 1.807) is 0 Å². The second kappa shape index (κ2) is 14.7. The molecule has 156 valence electrons. The van der Waals surface area contributed by atoms with Crippen molar-refractivity contribution in [1.29, 1.82) is 0 Å². The van der Waals surface area contributed by atoms with Crippen molar-refractivity contribution in [1.82, 2.24) is 20.4 Å². The van der Waals surface area contributed by atoms with Crippen LogP contribution in [-0.2, 0) is 4.74 Å². The molecule has 0 radical (unpaired) electrons. The van der Waals surface area contributed by atoms with Gasteiger partial charge in [0.25, 0.3) is 0 Å². The summed E-state index contributed by atoms with van der Waals surface area (Å²) >= 11 is 0. The summed E-state index contributed by atoms with van der Waals surface area (Å²) < 4.78 is 5.40. The summed E-state index contributed by atoms with van der Waals surface area (Å²) in [6, 6.07) is 0.366. The van der Waals surface area contributed by atoms with Crippen molar-refractivity contribution in [2.75, 3.05) is 65.6 Å². The molecule has 2 N–H and O–H groups in total. The molecule has 1 saturated heterocycles. The first-order valence-corrected chi connectivity index (χ1v) is 10.4. The van der Waals surface area contributed by atoms with Crippen molar-refractivity contribution in [3.05, 3.63) is 25.3 Å². The van der Waals surface area contributed by atoms with Crippen LogP contribution in [0, 0.1) is 5.92 Å². The minimum Gasteiger partial charge on any atom is -0.379 e. The number of hydrogen-bond acceptors (Lipinski definition) is 4. The summed E-state index contributed by atoms with van der Waals surface area (Å²) in [6.07, 6.45) is 5.02. The van der Waals surface area contributed by atoms with Crippen molar-refractivity contribution in [2.45, 2.75) is 33.2 Å². The van der Waals surface area contributed by atoms with Gasteiger partial charge in [0.05, 0.1) is 19.8 Å². The zero-order chi connectivity index (χ0) is 19.9. The summed E-state index contributed by atoms with van der Waals surface area (Å²) in [5.74, 6) is 1.42. The lowest BCUT2D eigenvalue weighted by atomic mass is 10.0. The van der Waals surface area contributed by atoms with Crippen LogP contribution in [0.5, 0.6) is 0 Å². The maximum Gasteiger partial charge on any atom is 0.191 e. The average molecular weight is 380 g/mol. The van der Waals surface area contributed by atoms with Gasteiger partial charge in [0.1, 0.15) is 0 Å². The van der Waals surface area contributed by atoms with E-state index in [1.807, 2.05) is 12.2 Å². The third-order valence-electron chi connectivity index (χ3n) is 4.79. The third kappa shape index (κ3) is 9.94. The molecule has 0 aromatic rings. The number of rotatable bonds is 13. The van der Waals surface area contributed by atoms with E-state index < -0.39 is 0 Å². The summed E-state index contributed by atoms with van der Waals surface area (Å²) in [5, 5.41) is 6.84. The first kappa shape index (κ1) is 23.7. The molecule has 1 rings (SSSR count). The Bertz CT molecular complexity index is 422. The van der Waals surface area contributed by atoms with E-state index in [0.717, 1.165) is 78.0 Å². The van der Waals surface area contributed by atoms with Crippen LogP contribution < -0.4 is 10.6 Å². The van der Waals surface area contributed by atoms with E-state index in [-0.39, 0.29) is 0 Å². The van der Waals surface area contributed by atoms with Gasteiger partial charge in [0.2, 0.25) is 0 Å². The molecule has 0 saturated carbocycles. The van der Waals surface area contributed by atoms with Crippen LogP contribution in [0.15, 0.2) is 30.3 Å². The van der Waals surface area contributed by atoms with Gasteiger partial charge in [-0.25, -0.2) is 0 Å². The van der Waals surface area contributed by atoms with Gasteiger partial charge >= 0.3 is 0 Å². The lowest BCUT2D eigenvalue weighted by Crippen LogP contribution is -2.44. The molecule has 0 bridgehead atoms. The number of guanidine groups is 1. The summed E-state index contributed by atoms with van der Waals surface area (Å²) in [5.41, 5.74) is 0. The second-order valence-electron chi connectivity index (χ2n) is 7.30. The number of morpholine rings is 1. The second-order valence-corrected chi connectivity index (χ2v) is 7.30. The third-order valence-corrected chi connectivity index (χ3v) is 4.79. The normalized spacial score (nSPS) is 17.1. The van der Waals surface area contributed by atoms with Crippen LogP contribution in [0.4, 0.5) is 0 Å². The first-order chi connectivity index (χ1) is 13.1. The van der Waals surface area contributed by atoms with Gasteiger partial charge in [0, 0.05) is 45.3 Å². The Morgan fingerprint density at radius 3 is 2.41 bits per heavy atom.